The molecule has 24 heavy (non-hydrogen) atoms. The molecule has 0 spiro atoms. The minimum absolute atomic E-state index is 0. The smallest absolute Gasteiger partial charge is 0.193 e. The zero-order valence-electron chi connectivity index (χ0n) is 14.4. The summed E-state index contributed by atoms with van der Waals surface area (Å²) in [6, 6.07) is 4.30. The minimum Gasteiger partial charge on any atom is -0.388 e. The maximum Gasteiger partial charge on any atom is 0.193 e. The lowest BCUT2D eigenvalue weighted by Crippen LogP contribution is -2.55. The second-order valence-electron chi connectivity index (χ2n) is 6.61. The summed E-state index contributed by atoms with van der Waals surface area (Å²) < 4.78 is 0. The van der Waals surface area contributed by atoms with E-state index in [1.54, 1.807) is 11.3 Å². The fourth-order valence-electron chi connectivity index (χ4n) is 3.55. The Kier molecular flexibility index (Phi) is 7.61. The van der Waals surface area contributed by atoms with Crippen molar-refractivity contribution in [2.75, 3.05) is 44.7 Å². The minimum atomic E-state index is -0.549. The highest BCUT2D eigenvalue weighted by molar-refractivity contribution is 14.0. The van der Waals surface area contributed by atoms with Gasteiger partial charge in [-0.15, -0.1) is 35.3 Å². The summed E-state index contributed by atoms with van der Waals surface area (Å²) in [7, 11) is 1.83. The standard InChI is InChI=1S/C17H28N4OS.HI/c1-18-16(19-14-17(22)7-3-2-4-8-17)21-11-9-20(10-12-21)15-6-5-13-23-15;/h5-6,13,22H,2-4,7-12,14H2,1H3,(H,18,19);1H. The zero-order chi connectivity index (χ0) is 16.1. The first-order valence-corrected chi connectivity index (χ1v) is 9.55. The van der Waals surface area contributed by atoms with E-state index in [4.69, 9.17) is 0 Å². The van der Waals surface area contributed by atoms with Gasteiger partial charge in [0, 0.05) is 39.8 Å². The highest BCUT2D eigenvalue weighted by Gasteiger charge is 2.30. The summed E-state index contributed by atoms with van der Waals surface area (Å²) in [5.41, 5.74) is -0.549. The van der Waals surface area contributed by atoms with Crippen LogP contribution in [-0.2, 0) is 0 Å². The van der Waals surface area contributed by atoms with Crippen molar-refractivity contribution in [1.82, 2.24) is 10.2 Å². The van der Waals surface area contributed by atoms with Crippen molar-refractivity contribution >= 4 is 46.3 Å². The summed E-state index contributed by atoms with van der Waals surface area (Å²) in [5, 5.41) is 17.5. The number of nitrogens with one attached hydrogen (secondary N) is 1. The summed E-state index contributed by atoms with van der Waals surface area (Å²) in [6.07, 6.45) is 5.33. The van der Waals surface area contributed by atoms with E-state index in [9.17, 15) is 5.11 Å². The van der Waals surface area contributed by atoms with Gasteiger partial charge in [-0.3, -0.25) is 4.99 Å². The van der Waals surface area contributed by atoms with E-state index in [0.717, 1.165) is 57.8 Å². The average molecular weight is 464 g/mol. The molecule has 0 radical (unpaired) electrons. The van der Waals surface area contributed by atoms with Gasteiger partial charge in [0.25, 0.3) is 0 Å². The van der Waals surface area contributed by atoms with Crippen molar-refractivity contribution in [2.45, 2.75) is 37.7 Å². The van der Waals surface area contributed by atoms with Gasteiger partial charge in [0.2, 0.25) is 0 Å². The number of hydrogen-bond acceptors (Lipinski definition) is 4. The van der Waals surface area contributed by atoms with Crippen LogP contribution in [0.15, 0.2) is 22.5 Å². The van der Waals surface area contributed by atoms with Crippen LogP contribution in [0.25, 0.3) is 0 Å². The Morgan fingerprint density at radius 2 is 1.96 bits per heavy atom. The molecular formula is C17H29IN4OS. The number of aliphatic imine (C=N–C) groups is 1. The lowest BCUT2D eigenvalue weighted by Gasteiger charge is -2.38. The van der Waals surface area contributed by atoms with Crippen LogP contribution in [0.5, 0.6) is 0 Å². The molecule has 0 bridgehead atoms. The quantitative estimate of drug-likeness (QED) is 0.411. The van der Waals surface area contributed by atoms with E-state index in [1.807, 2.05) is 7.05 Å². The number of guanidine groups is 1. The van der Waals surface area contributed by atoms with E-state index < -0.39 is 5.60 Å². The van der Waals surface area contributed by atoms with Crippen LogP contribution >= 0.6 is 35.3 Å². The van der Waals surface area contributed by atoms with Crippen LogP contribution < -0.4 is 10.2 Å². The van der Waals surface area contributed by atoms with Crippen LogP contribution in [0.4, 0.5) is 5.00 Å². The van der Waals surface area contributed by atoms with Gasteiger partial charge in [-0.25, -0.2) is 0 Å². The van der Waals surface area contributed by atoms with E-state index in [1.165, 1.54) is 11.4 Å². The van der Waals surface area contributed by atoms with Crippen LogP contribution in [-0.4, -0.2) is 61.3 Å². The summed E-state index contributed by atoms with van der Waals surface area (Å²) in [6.45, 7) is 4.59. The van der Waals surface area contributed by atoms with E-state index in [-0.39, 0.29) is 24.0 Å². The molecule has 2 heterocycles. The molecular weight excluding hydrogens is 435 g/mol. The number of hydrogen-bond donors (Lipinski definition) is 2. The van der Waals surface area contributed by atoms with Gasteiger partial charge in [-0.2, -0.15) is 0 Å². The molecule has 2 aliphatic rings. The third-order valence-corrected chi connectivity index (χ3v) is 5.90. The lowest BCUT2D eigenvalue weighted by atomic mass is 9.85. The number of halogens is 1. The molecule has 5 nitrogen and oxygen atoms in total. The second kappa shape index (κ2) is 9.24. The SMILES string of the molecule is CN=C(NCC1(O)CCCCC1)N1CCN(c2cccs2)CC1.I. The Bertz CT molecular complexity index is 509. The predicted molar refractivity (Wildman–Crippen MR) is 113 cm³/mol. The van der Waals surface area contributed by atoms with Crippen LogP contribution in [0.2, 0.25) is 0 Å². The predicted octanol–water partition coefficient (Wildman–Crippen LogP) is 2.76. The first-order chi connectivity index (χ1) is 11.2. The number of anilines is 1. The maximum atomic E-state index is 10.6. The van der Waals surface area contributed by atoms with Gasteiger partial charge in [0.15, 0.2) is 5.96 Å². The Morgan fingerprint density at radius 3 is 2.54 bits per heavy atom. The first kappa shape index (κ1) is 19.8. The number of thiophene rings is 1. The van der Waals surface area contributed by atoms with Gasteiger partial charge < -0.3 is 20.2 Å². The molecule has 2 N–H and O–H groups in total. The molecule has 136 valence electrons. The highest BCUT2D eigenvalue weighted by atomic mass is 127. The normalized spacial score (nSPS) is 21.3. The summed E-state index contributed by atoms with van der Waals surface area (Å²) >= 11 is 1.80. The molecule has 0 amide bonds. The first-order valence-electron chi connectivity index (χ1n) is 8.67. The topological polar surface area (TPSA) is 51.1 Å². The molecule has 0 atom stereocenters. The third kappa shape index (κ3) is 4.98. The van der Waals surface area contributed by atoms with Crippen LogP contribution in [0.1, 0.15) is 32.1 Å². The molecule has 1 aromatic heterocycles. The fraction of sp³-hybridized carbons (Fsp3) is 0.706. The van der Waals surface area contributed by atoms with Crippen molar-refractivity contribution in [3.63, 3.8) is 0 Å². The van der Waals surface area contributed by atoms with E-state index in [0.29, 0.717) is 6.54 Å². The molecule has 1 aromatic rings. The summed E-state index contributed by atoms with van der Waals surface area (Å²) in [5.74, 6) is 0.926. The molecule has 1 saturated heterocycles. The molecule has 0 aromatic carbocycles. The Labute approximate surface area is 166 Å². The van der Waals surface area contributed by atoms with E-state index >= 15 is 0 Å². The number of piperazine rings is 1. The van der Waals surface area contributed by atoms with Gasteiger partial charge in [0.1, 0.15) is 0 Å². The molecule has 3 rings (SSSR count). The lowest BCUT2D eigenvalue weighted by molar-refractivity contribution is 0.00810. The van der Waals surface area contributed by atoms with Gasteiger partial charge in [-0.05, 0) is 30.4 Å². The average Bonchev–Trinajstić information content (AvgIpc) is 3.11. The second-order valence-corrected chi connectivity index (χ2v) is 7.54. The maximum absolute atomic E-state index is 10.6. The van der Waals surface area contributed by atoms with Gasteiger partial charge in [-0.1, -0.05) is 19.3 Å². The van der Waals surface area contributed by atoms with Crippen molar-refractivity contribution < 1.29 is 5.11 Å². The molecule has 1 aliphatic heterocycles. The van der Waals surface area contributed by atoms with Gasteiger partial charge in [0.05, 0.1) is 10.6 Å². The Balaban J connectivity index is 0.00000208. The highest BCUT2D eigenvalue weighted by Crippen LogP contribution is 2.27. The third-order valence-electron chi connectivity index (χ3n) is 4.97. The number of aliphatic hydroxyl groups is 1. The summed E-state index contributed by atoms with van der Waals surface area (Å²) in [4.78, 5) is 9.15. The molecule has 1 saturated carbocycles. The van der Waals surface area contributed by atoms with Crippen molar-refractivity contribution in [3.05, 3.63) is 17.5 Å². The molecule has 1 aliphatic carbocycles. The molecule has 0 unspecified atom stereocenters. The number of rotatable bonds is 3. The van der Waals surface area contributed by atoms with Crippen molar-refractivity contribution in [2.24, 2.45) is 4.99 Å². The largest absolute Gasteiger partial charge is 0.388 e. The molecule has 2 fully saturated rings. The van der Waals surface area contributed by atoms with Crippen LogP contribution in [0, 0.1) is 0 Å². The van der Waals surface area contributed by atoms with E-state index in [2.05, 4.69) is 37.6 Å². The Morgan fingerprint density at radius 1 is 1.25 bits per heavy atom. The van der Waals surface area contributed by atoms with Crippen molar-refractivity contribution in [1.29, 1.82) is 0 Å². The zero-order valence-corrected chi connectivity index (χ0v) is 17.6. The van der Waals surface area contributed by atoms with Crippen LogP contribution in [0.3, 0.4) is 0 Å². The monoisotopic (exact) mass is 464 g/mol. The fourth-order valence-corrected chi connectivity index (χ4v) is 4.34. The van der Waals surface area contributed by atoms with Crippen molar-refractivity contribution in [3.8, 4) is 0 Å². The molecule has 7 heteroatoms. The Hall–Kier alpha value is -0.540. The van der Waals surface area contributed by atoms with Gasteiger partial charge >= 0.3 is 0 Å². The number of nitrogens with zero attached hydrogens (tertiary/aromatic N) is 3.